The monoisotopic (exact) mass is 401 g/mol. The predicted molar refractivity (Wildman–Crippen MR) is 114 cm³/mol. The normalized spacial score (nSPS) is 24.3. The van der Waals surface area contributed by atoms with E-state index in [-0.39, 0.29) is 35.1 Å². The molecule has 3 aromatic rings. The number of rotatable bonds is 5. The molecule has 6 nitrogen and oxygen atoms in total. The minimum Gasteiger partial charge on any atom is -0.496 e. The van der Waals surface area contributed by atoms with Gasteiger partial charge in [0.2, 0.25) is 5.91 Å². The molecule has 2 aromatic carbocycles. The molecule has 30 heavy (non-hydrogen) atoms. The van der Waals surface area contributed by atoms with Gasteiger partial charge in [-0.1, -0.05) is 42.5 Å². The van der Waals surface area contributed by atoms with Crippen LogP contribution >= 0.6 is 0 Å². The summed E-state index contributed by atoms with van der Waals surface area (Å²) in [4.78, 5) is 33.5. The van der Waals surface area contributed by atoms with E-state index in [1.807, 2.05) is 42.5 Å². The van der Waals surface area contributed by atoms with Crippen LogP contribution in [-0.4, -0.2) is 23.0 Å². The third-order valence-electron chi connectivity index (χ3n) is 6.35. The molecule has 152 valence electrons. The summed E-state index contributed by atoms with van der Waals surface area (Å²) in [6, 6.07) is 15.0. The zero-order valence-electron chi connectivity index (χ0n) is 16.7. The summed E-state index contributed by atoms with van der Waals surface area (Å²) in [5, 5.41) is 3.65. The number of benzene rings is 2. The summed E-state index contributed by atoms with van der Waals surface area (Å²) in [5.41, 5.74) is 1.44. The number of aromatic amines is 1. The Kier molecular flexibility index (Phi) is 4.62. The summed E-state index contributed by atoms with van der Waals surface area (Å²) in [6.45, 7) is 0.398. The number of para-hydroxylation sites is 2. The number of hydrogen-bond donors (Lipinski definition) is 2. The van der Waals surface area contributed by atoms with Gasteiger partial charge in [0.1, 0.15) is 11.6 Å². The van der Waals surface area contributed by atoms with Gasteiger partial charge in [0, 0.05) is 18.0 Å². The van der Waals surface area contributed by atoms with E-state index in [0.29, 0.717) is 23.3 Å². The van der Waals surface area contributed by atoms with Gasteiger partial charge in [-0.2, -0.15) is 0 Å². The highest BCUT2D eigenvalue weighted by molar-refractivity contribution is 5.82. The maximum absolute atomic E-state index is 13.2. The van der Waals surface area contributed by atoms with Crippen molar-refractivity contribution < 1.29 is 9.53 Å². The summed E-state index contributed by atoms with van der Waals surface area (Å²) < 4.78 is 5.38. The van der Waals surface area contributed by atoms with Gasteiger partial charge < -0.3 is 15.0 Å². The van der Waals surface area contributed by atoms with Gasteiger partial charge in [0.15, 0.2) is 0 Å². The average molecular weight is 401 g/mol. The highest BCUT2D eigenvalue weighted by Gasteiger charge is 2.49. The van der Waals surface area contributed by atoms with Crippen molar-refractivity contribution >= 4 is 16.8 Å². The summed E-state index contributed by atoms with van der Waals surface area (Å²) in [7, 11) is 1.62. The number of nitrogens with zero attached hydrogens (tertiary/aromatic N) is 1. The van der Waals surface area contributed by atoms with Gasteiger partial charge in [-0.25, -0.2) is 4.98 Å². The maximum atomic E-state index is 13.2. The first-order chi connectivity index (χ1) is 14.7. The Labute approximate surface area is 174 Å². The smallest absolute Gasteiger partial charge is 0.258 e. The Morgan fingerprint density at radius 3 is 2.77 bits per heavy atom. The van der Waals surface area contributed by atoms with E-state index < -0.39 is 0 Å². The van der Waals surface area contributed by atoms with Gasteiger partial charge in [-0.05, 0) is 36.5 Å². The van der Waals surface area contributed by atoms with Crippen LogP contribution in [0.4, 0.5) is 0 Å². The molecule has 4 atom stereocenters. The lowest BCUT2D eigenvalue weighted by Crippen LogP contribution is -2.37. The highest BCUT2D eigenvalue weighted by atomic mass is 16.5. The number of aromatic nitrogens is 2. The van der Waals surface area contributed by atoms with Crippen molar-refractivity contribution in [2.45, 2.75) is 18.9 Å². The van der Waals surface area contributed by atoms with E-state index >= 15 is 0 Å². The number of H-pyrrole nitrogens is 1. The molecule has 0 saturated heterocycles. The van der Waals surface area contributed by atoms with Gasteiger partial charge in [-0.3, -0.25) is 9.59 Å². The van der Waals surface area contributed by atoms with Crippen LogP contribution in [0.15, 0.2) is 65.5 Å². The Bertz CT molecular complexity index is 1200. The molecule has 0 aliphatic heterocycles. The van der Waals surface area contributed by atoms with E-state index in [9.17, 15) is 9.59 Å². The molecule has 1 amide bonds. The predicted octanol–water partition coefficient (Wildman–Crippen LogP) is 3.15. The number of methoxy groups -OCH3 is 1. The zero-order valence-corrected chi connectivity index (χ0v) is 16.7. The number of ether oxygens (including phenoxy) is 1. The maximum Gasteiger partial charge on any atom is 0.258 e. The van der Waals surface area contributed by atoms with Crippen LogP contribution in [0.2, 0.25) is 0 Å². The third-order valence-corrected chi connectivity index (χ3v) is 6.35. The molecule has 4 unspecified atom stereocenters. The number of allylic oxidation sites excluding steroid dienone is 2. The van der Waals surface area contributed by atoms with Crippen LogP contribution in [0.25, 0.3) is 10.9 Å². The molecule has 5 rings (SSSR count). The van der Waals surface area contributed by atoms with Crippen LogP contribution < -0.4 is 15.6 Å². The van der Waals surface area contributed by atoms with E-state index in [1.165, 1.54) is 0 Å². The average Bonchev–Trinajstić information content (AvgIpc) is 3.39. The molecule has 1 heterocycles. The van der Waals surface area contributed by atoms with Crippen LogP contribution in [0, 0.1) is 17.8 Å². The number of carbonyl (C=O) groups excluding carboxylic acids is 1. The Hall–Kier alpha value is -3.41. The molecule has 2 bridgehead atoms. The van der Waals surface area contributed by atoms with Crippen molar-refractivity contribution in [1.29, 1.82) is 0 Å². The van der Waals surface area contributed by atoms with Crippen molar-refractivity contribution in [1.82, 2.24) is 15.3 Å². The second-order valence-corrected chi connectivity index (χ2v) is 8.00. The van der Waals surface area contributed by atoms with E-state index in [2.05, 4.69) is 22.5 Å². The highest BCUT2D eigenvalue weighted by Crippen LogP contribution is 2.52. The summed E-state index contributed by atoms with van der Waals surface area (Å²) in [6.07, 6.45) is 5.20. The molecule has 6 heteroatoms. The number of fused-ring (bicyclic) bond motifs is 3. The van der Waals surface area contributed by atoms with Crippen molar-refractivity contribution in [3.05, 3.63) is 82.4 Å². The van der Waals surface area contributed by atoms with E-state index in [1.54, 1.807) is 13.2 Å². The fourth-order valence-electron chi connectivity index (χ4n) is 4.96. The molecule has 2 aliphatic rings. The van der Waals surface area contributed by atoms with Crippen molar-refractivity contribution in [3.63, 3.8) is 0 Å². The zero-order chi connectivity index (χ0) is 20.7. The molecule has 1 fully saturated rings. The standard InChI is InChI=1S/C24H23N3O3/c1-30-19-9-5-2-6-16(19)13-25-24(29)21-15-11-10-14(12-15)20(21)22-26-18-8-4-3-7-17(18)23(28)27-22/h2-11,14-15,20-21H,12-13H2,1H3,(H,25,29)(H,26,27,28). The number of carbonyl (C=O) groups is 1. The van der Waals surface area contributed by atoms with Gasteiger partial charge >= 0.3 is 0 Å². The summed E-state index contributed by atoms with van der Waals surface area (Å²) in [5.74, 6) is 1.33. The molecular formula is C24H23N3O3. The first-order valence-electron chi connectivity index (χ1n) is 10.2. The molecule has 2 aliphatic carbocycles. The molecule has 1 aromatic heterocycles. The second-order valence-electron chi connectivity index (χ2n) is 8.00. The van der Waals surface area contributed by atoms with Crippen LogP contribution in [0.1, 0.15) is 23.7 Å². The SMILES string of the molecule is COc1ccccc1CNC(=O)C1C2C=CC(C2)C1c1nc2ccccc2c(=O)[nH]1. The second kappa shape index (κ2) is 7.44. The van der Waals surface area contributed by atoms with Gasteiger partial charge in [-0.15, -0.1) is 0 Å². The third kappa shape index (κ3) is 3.09. The first kappa shape index (κ1) is 18.6. The van der Waals surface area contributed by atoms with Crippen molar-refractivity contribution in [3.8, 4) is 5.75 Å². The fourth-order valence-corrected chi connectivity index (χ4v) is 4.96. The topological polar surface area (TPSA) is 84.1 Å². The number of hydrogen-bond acceptors (Lipinski definition) is 4. The molecular weight excluding hydrogens is 378 g/mol. The minimum atomic E-state index is -0.251. The minimum absolute atomic E-state index is 0.0152. The van der Waals surface area contributed by atoms with E-state index in [0.717, 1.165) is 17.7 Å². The molecule has 2 N–H and O–H groups in total. The Morgan fingerprint density at radius 1 is 1.13 bits per heavy atom. The number of amides is 1. The first-order valence-corrected chi connectivity index (χ1v) is 10.2. The lowest BCUT2D eigenvalue weighted by atomic mass is 9.81. The largest absolute Gasteiger partial charge is 0.496 e. The lowest BCUT2D eigenvalue weighted by molar-refractivity contribution is -0.126. The molecule has 0 spiro atoms. The fraction of sp³-hybridized carbons (Fsp3) is 0.292. The Balaban J connectivity index is 1.44. The lowest BCUT2D eigenvalue weighted by Gasteiger charge is -2.26. The quantitative estimate of drug-likeness (QED) is 0.644. The van der Waals surface area contributed by atoms with Crippen molar-refractivity contribution in [2.75, 3.05) is 7.11 Å². The van der Waals surface area contributed by atoms with E-state index in [4.69, 9.17) is 9.72 Å². The van der Waals surface area contributed by atoms with Crippen LogP contribution in [0.3, 0.4) is 0 Å². The van der Waals surface area contributed by atoms with Crippen LogP contribution in [-0.2, 0) is 11.3 Å². The van der Waals surface area contributed by atoms with Gasteiger partial charge in [0.25, 0.3) is 5.56 Å². The van der Waals surface area contributed by atoms with Crippen LogP contribution in [0.5, 0.6) is 5.75 Å². The number of nitrogens with one attached hydrogen (secondary N) is 2. The van der Waals surface area contributed by atoms with Crippen molar-refractivity contribution in [2.24, 2.45) is 17.8 Å². The van der Waals surface area contributed by atoms with Gasteiger partial charge in [0.05, 0.1) is 23.9 Å². The summed E-state index contributed by atoms with van der Waals surface area (Å²) >= 11 is 0. The Morgan fingerprint density at radius 2 is 1.90 bits per heavy atom. The molecule has 0 radical (unpaired) electrons. The molecule has 1 saturated carbocycles.